The van der Waals surface area contributed by atoms with Gasteiger partial charge in [0.2, 0.25) is 0 Å². The minimum absolute atomic E-state index is 0.186. The van der Waals surface area contributed by atoms with Crippen LogP contribution in [-0.2, 0) is 9.53 Å². The van der Waals surface area contributed by atoms with Crippen LogP contribution in [0.5, 0.6) is 0 Å². The van der Waals surface area contributed by atoms with Crippen LogP contribution >= 0.6 is 0 Å². The average molecular weight is 269 g/mol. The average Bonchev–Trinajstić information content (AvgIpc) is 2.66. The second-order valence-corrected chi connectivity index (χ2v) is 3.68. The molecule has 0 radical (unpaired) electrons. The van der Waals surface area contributed by atoms with Gasteiger partial charge in [0.25, 0.3) is 5.91 Å². The summed E-state index contributed by atoms with van der Waals surface area (Å²) in [4.78, 5) is 34.0. The second kappa shape index (κ2) is 6.53. The predicted molar refractivity (Wildman–Crippen MR) is 63.5 cm³/mol. The number of carbonyl (C=O) groups excluding carboxylic acids is 3. The third kappa shape index (κ3) is 4.09. The number of nitrogens with zero attached hydrogens (tertiary/aromatic N) is 1. The molecule has 0 bridgehead atoms. The number of imide groups is 1. The first-order chi connectivity index (χ1) is 8.95. The Kier molecular flexibility index (Phi) is 5.04. The molecule has 1 aromatic rings. The third-order valence-corrected chi connectivity index (χ3v) is 2.16. The number of hydrogen-bond acceptors (Lipinski definition) is 6. The number of ether oxygens (including phenoxy) is 1. The van der Waals surface area contributed by atoms with Crippen molar-refractivity contribution in [2.45, 2.75) is 20.8 Å². The number of hydrogen-bond donors (Lipinski definition) is 2. The minimum Gasteiger partial charge on any atom is -0.452 e. The zero-order valence-corrected chi connectivity index (χ0v) is 10.9. The quantitative estimate of drug-likeness (QED) is 0.760. The summed E-state index contributed by atoms with van der Waals surface area (Å²) in [6, 6.07) is -0.638. The zero-order chi connectivity index (χ0) is 14.4. The molecule has 0 unspecified atom stereocenters. The van der Waals surface area contributed by atoms with Gasteiger partial charge in [0.15, 0.2) is 6.61 Å². The normalized spacial score (nSPS) is 9.84. The van der Waals surface area contributed by atoms with Crippen LogP contribution in [0.2, 0.25) is 0 Å². The Labute approximate surface area is 109 Å². The number of carbonyl (C=O) groups is 3. The van der Waals surface area contributed by atoms with Crippen molar-refractivity contribution in [2.24, 2.45) is 0 Å². The standard InChI is InChI=1S/C11H15N3O5/c1-4-12-11(17)13-8(15)5-18-10(16)9-6(2)14-19-7(9)3/h4-5H2,1-3H3,(H2,12,13,15,17). The van der Waals surface area contributed by atoms with Crippen molar-refractivity contribution < 1.29 is 23.6 Å². The fourth-order valence-electron chi connectivity index (χ4n) is 1.35. The molecule has 0 spiro atoms. The van der Waals surface area contributed by atoms with Crippen molar-refractivity contribution in [1.82, 2.24) is 15.8 Å². The van der Waals surface area contributed by atoms with E-state index in [2.05, 4.69) is 10.5 Å². The van der Waals surface area contributed by atoms with E-state index < -0.39 is 24.5 Å². The Bertz CT molecular complexity index is 475. The molecule has 8 heteroatoms. The van der Waals surface area contributed by atoms with E-state index in [9.17, 15) is 14.4 Å². The van der Waals surface area contributed by atoms with Gasteiger partial charge >= 0.3 is 12.0 Å². The number of amides is 3. The largest absolute Gasteiger partial charge is 0.452 e. The molecule has 0 atom stereocenters. The predicted octanol–water partition coefficient (Wildman–Crippen LogP) is 0.294. The van der Waals surface area contributed by atoms with E-state index in [0.717, 1.165) is 0 Å². The van der Waals surface area contributed by atoms with Gasteiger partial charge < -0.3 is 14.6 Å². The first-order valence-corrected chi connectivity index (χ1v) is 5.63. The van der Waals surface area contributed by atoms with Gasteiger partial charge in [-0.15, -0.1) is 0 Å². The van der Waals surface area contributed by atoms with Crippen LogP contribution in [0.25, 0.3) is 0 Å². The highest BCUT2D eigenvalue weighted by atomic mass is 16.5. The Morgan fingerprint density at radius 2 is 2.00 bits per heavy atom. The summed E-state index contributed by atoms with van der Waals surface area (Å²) in [6.07, 6.45) is 0. The number of nitrogens with one attached hydrogen (secondary N) is 2. The smallest absolute Gasteiger partial charge is 0.344 e. The third-order valence-electron chi connectivity index (χ3n) is 2.16. The molecule has 19 heavy (non-hydrogen) atoms. The molecule has 0 saturated heterocycles. The van der Waals surface area contributed by atoms with Crippen molar-refractivity contribution in [3.8, 4) is 0 Å². The van der Waals surface area contributed by atoms with Crippen molar-refractivity contribution >= 4 is 17.9 Å². The van der Waals surface area contributed by atoms with Gasteiger partial charge in [0, 0.05) is 6.54 Å². The van der Waals surface area contributed by atoms with Crippen molar-refractivity contribution in [3.63, 3.8) is 0 Å². The van der Waals surface area contributed by atoms with E-state index in [-0.39, 0.29) is 5.56 Å². The van der Waals surface area contributed by atoms with Crippen molar-refractivity contribution in [3.05, 3.63) is 17.0 Å². The van der Waals surface area contributed by atoms with Gasteiger partial charge in [0.1, 0.15) is 11.3 Å². The fourth-order valence-corrected chi connectivity index (χ4v) is 1.35. The van der Waals surface area contributed by atoms with Gasteiger partial charge in [-0.3, -0.25) is 10.1 Å². The van der Waals surface area contributed by atoms with Gasteiger partial charge in [-0.25, -0.2) is 9.59 Å². The maximum atomic E-state index is 11.7. The number of esters is 1. The SMILES string of the molecule is CCNC(=O)NC(=O)COC(=O)c1c(C)noc1C. The molecule has 3 amide bonds. The molecular weight excluding hydrogens is 254 g/mol. The molecule has 2 N–H and O–H groups in total. The summed E-state index contributed by atoms with van der Waals surface area (Å²) in [5, 5.41) is 7.98. The van der Waals surface area contributed by atoms with Crippen molar-refractivity contribution in [1.29, 1.82) is 0 Å². The van der Waals surface area contributed by atoms with Gasteiger partial charge in [-0.2, -0.15) is 0 Å². The van der Waals surface area contributed by atoms with Gasteiger partial charge in [0.05, 0.1) is 5.69 Å². The number of aromatic nitrogens is 1. The summed E-state index contributed by atoms with van der Waals surface area (Å²) in [7, 11) is 0. The van der Waals surface area contributed by atoms with Crippen molar-refractivity contribution in [2.75, 3.05) is 13.2 Å². The molecule has 8 nitrogen and oxygen atoms in total. The van der Waals surface area contributed by atoms with Crippen LogP contribution in [0.4, 0.5) is 4.79 Å². The molecule has 0 aliphatic carbocycles. The first kappa shape index (κ1) is 14.7. The monoisotopic (exact) mass is 269 g/mol. The lowest BCUT2D eigenvalue weighted by atomic mass is 10.2. The highest BCUT2D eigenvalue weighted by Gasteiger charge is 2.20. The molecule has 0 saturated carbocycles. The molecule has 1 heterocycles. The topological polar surface area (TPSA) is 111 Å². The number of rotatable bonds is 4. The molecule has 0 aliphatic heterocycles. The highest BCUT2D eigenvalue weighted by molar-refractivity contribution is 5.97. The maximum absolute atomic E-state index is 11.7. The molecule has 0 aliphatic rings. The van der Waals surface area contributed by atoms with E-state index in [1.54, 1.807) is 20.8 Å². The lowest BCUT2D eigenvalue weighted by molar-refractivity contribution is -0.123. The van der Waals surface area contributed by atoms with Gasteiger partial charge in [-0.1, -0.05) is 5.16 Å². The highest BCUT2D eigenvalue weighted by Crippen LogP contribution is 2.13. The number of aryl methyl sites for hydroxylation is 2. The molecule has 1 aromatic heterocycles. The van der Waals surface area contributed by atoms with E-state index in [0.29, 0.717) is 18.0 Å². The van der Waals surface area contributed by atoms with Crippen LogP contribution in [0.1, 0.15) is 28.7 Å². The van der Waals surface area contributed by atoms with E-state index in [1.165, 1.54) is 0 Å². The van der Waals surface area contributed by atoms with Crippen LogP contribution < -0.4 is 10.6 Å². The zero-order valence-electron chi connectivity index (χ0n) is 10.9. The molecule has 0 fully saturated rings. The van der Waals surface area contributed by atoms with E-state index in [1.807, 2.05) is 5.32 Å². The Morgan fingerprint density at radius 3 is 2.53 bits per heavy atom. The summed E-state index contributed by atoms with van der Waals surface area (Å²) in [5.41, 5.74) is 0.567. The molecule has 104 valence electrons. The lowest BCUT2D eigenvalue weighted by Gasteiger charge is -2.05. The summed E-state index contributed by atoms with van der Waals surface area (Å²) in [6.45, 7) is 4.69. The van der Waals surface area contributed by atoms with Gasteiger partial charge in [-0.05, 0) is 20.8 Å². The number of urea groups is 1. The van der Waals surface area contributed by atoms with E-state index >= 15 is 0 Å². The maximum Gasteiger partial charge on any atom is 0.344 e. The minimum atomic E-state index is -0.720. The fraction of sp³-hybridized carbons (Fsp3) is 0.455. The van der Waals surface area contributed by atoms with Crippen LogP contribution in [0.3, 0.4) is 0 Å². The lowest BCUT2D eigenvalue weighted by Crippen LogP contribution is -2.41. The van der Waals surface area contributed by atoms with Crippen LogP contribution in [-0.4, -0.2) is 36.2 Å². The van der Waals surface area contributed by atoms with Crippen LogP contribution in [0.15, 0.2) is 4.52 Å². The Hall–Kier alpha value is -2.38. The Balaban J connectivity index is 2.47. The molecular formula is C11H15N3O5. The molecule has 0 aromatic carbocycles. The Morgan fingerprint density at radius 1 is 1.32 bits per heavy atom. The summed E-state index contributed by atoms with van der Waals surface area (Å²) >= 11 is 0. The van der Waals surface area contributed by atoms with Crippen LogP contribution in [0, 0.1) is 13.8 Å². The summed E-state index contributed by atoms with van der Waals surface area (Å²) in [5.74, 6) is -1.13. The molecule has 1 rings (SSSR count). The first-order valence-electron chi connectivity index (χ1n) is 5.63. The second-order valence-electron chi connectivity index (χ2n) is 3.68. The van der Waals surface area contributed by atoms with E-state index in [4.69, 9.17) is 9.26 Å². The summed E-state index contributed by atoms with van der Waals surface area (Å²) < 4.78 is 9.56.